The number of carbonyl (C=O) groups excluding carboxylic acids is 1. The Kier molecular flexibility index (Phi) is 5.28. The number of carbonyl (C=O) groups is 1. The smallest absolute Gasteiger partial charge is 0.245 e. The second-order valence-corrected chi connectivity index (χ2v) is 9.41. The first kappa shape index (κ1) is 21.1. The van der Waals surface area contributed by atoms with Crippen LogP contribution in [0.1, 0.15) is 50.7 Å². The van der Waals surface area contributed by atoms with E-state index in [1.165, 1.54) is 25.0 Å². The van der Waals surface area contributed by atoms with E-state index in [0.717, 1.165) is 37.2 Å². The molecule has 6 nitrogen and oxygen atoms in total. The molecule has 5 rings (SSSR count). The average molecular weight is 437 g/mol. The zero-order valence-corrected chi connectivity index (χ0v) is 18.9. The molecule has 1 atom stereocenters. The number of benzene rings is 2. The number of aromatic hydroxyl groups is 2. The van der Waals surface area contributed by atoms with Gasteiger partial charge in [-0.05, 0) is 62.4 Å². The highest BCUT2D eigenvalue weighted by Crippen LogP contribution is 2.54. The maximum atomic E-state index is 14.0. The summed E-state index contributed by atoms with van der Waals surface area (Å²) in [5.41, 5.74) is 1.52. The van der Waals surface area contributed by atoms with Gasteiger partial charge in [0.2, 0.25) is 5.91 Å². The Morgan fingerprint density at radius 1 is 1.06 bits per heavy atom. The molecule has 2 aromatic carbocycles. The number of fused-ring (bicyclic) bond motifs is 4. The lowest BCUT2D eigenvalue weighted by atomic mass is 9.77. The molecule has 32 heavy (non-hydrogen) atoms. The summed E-state index contributed by atoms with van der Waals surface area (Å²) in [5, 5.41) is 20.1. The molecule has 1 fully saturated rings. The third kappa shape index (κ3) is 3.07. The van der Waals surface area contributed by atoms with Crippen LogP contribution in [-0.4, -0.2) is 53.3 Å². The second kappa shape index (κ2) is 8.00. The molecule has 0 saturated carbocycles. The van der Waals surface area contributed by atoms with Crippen LogP contribution in [0.3, 0.4) is 0 Å². The van der Waals surface area contributed by atoms with Gasteiger partial charge in [-0.2, -0.15) is 0 Å². The van der Waals surface area contributed by atoms with Crippen molar-refractivity contribution >= 4 is 11.6 Å². The SMILES string of the molecule is CCC(CC)N1CCC(CN2C(=O)C3(COc4cc(O)c(O)cc43)c3ccccc32)CC1. The number of ether oxygens (including phenoxy) is 1. The largest absolute Gasteiger partial charge is 0.504 e. The van der Waals surface area contributed by atoms with Crippen molar-refractivity contribution in [2.45, 2.75) is 51.0 Å². The molecule has 1 unspecified atom stereocenters. The fraction of sp³-hybridized carbons (Fsp3) is 0.500. The van der Waals surface area contributed by atoms with Crippen molar-refractivity contribution < 1.29 is 19.7 Å². The molecule has 0 bridgehead atoms. The highest BCUT2D eigenvalue weighted by atomic mass is 16.5. The van der Waals surface area contributed by atoms with Crippen molar-refractivity contribution in [3.05, 3.63) is 47.5 Å². The van der Waals surface area contributed by atoms with Crippen LogP contribution < -0.4 is 9.64 Å². The van der Waals surface area contributed by atoms with Gasteiger partial charge in [-0.25, -0.2) is 0 Å². The Labute approximate surface area is 189 Å². The zero-order valence-electron chi connectivity index (χ0n) is 18.9. The molecule has 3 aliphatic rings. The van der Waals surface area contributed by atoms with Gasteiger partial charge in [-0.15, -0.1) is 0 Å². The number of hydrogen-bond acceptors (Lipinski definition) is 5. The first-order valence-corrected chi connectivity index (χ1v) is 11.8. The van der Waals surface area contributed by atoms with Crippen LogP contribution in [-0.2, 0) is 10.2 Å². The summed E-state index contributed by atoms with van der Waals surface area (Å²) in [6.07, 6.45) is 4.56. The highest BCUT2D eigenvalue weighted by Gasteiger charge is 2.57. The molecular formula is C26H32N2O4. The summed E-state index contributed by atoms with van der Waals surface area (Å²) in [6, 6.07) is 11.5. The first-order chi connectivity index (χ1) is 15.5. The van der Waals surface area contributed by atoms with Crippen LogP contribution in [0.15, 0.2) is 36.4 Å². The molecule has 1 spiro atoms. The van der Waals surface area contributed by atoms with E-state index in [9.17, 15) is 15.0 Å². The molecule has 0 aromatic heterocycles. The van der Waals surface area contributed by atoms with E-state index in [0.29, 0.717) is 29.8 Å². The number of nitrogens with zero attached hydrogens (tertiary/aromatic N) is 2. The van der Waals surface area contributed by atoms with E-state index in [1.54, 1.807) is 0 Å². The van der Waals surface area contributed by atoms with Crippen LogP contribution in [0.5, 0.6) is 17.2 Å². The predicted molar refractivity (Wildman–Crippen MR) is 124 cm³/mol. The molecule has 2 N–H and O–H groups in total. The summed E-state index contributed by atoms with van der Waals surface area (Å²) in [4.78, 5) is 18.5. The topological polar surface area (TPSA) is 73.2 Å². The molecular weight excluding hydrogens is 404 g/mol. The van der Waals surface area contributed by atoms with Crippen LogP contribution in [0.2, 0.25) is 0 Å². The fourth-order valence-electron chi connectivity index (χ4n) is 5.94. The van der Waals surface area contributed by atoms with E-state index < -0.39 is 5.41 Å². The number of rotatable bonds is 5. The molecule has 3 heterocycles. The Balaban J connectivity index is 1.43. The molecule has 1 saturated heterocycles. The second-order valence-electron chi connectivity index (χ2n) is 9.41. The number of piperidine rings is 1. The standard InChI is InChI=1S/C26H32N2O4/c1-3-18(4-2)27-11-9-17(10-12-27)15-28-21-8-6-5-7-19(21)26(25(28)31)16-32-24-14-23(30)22(29)13-20(24)26/h5-8,13-14,17-18,29-30H,3-4,9-12,15-16H2,1-2H3. The van der Waals surface area contributed by atoms with Gasteiger partial charge in [-0.3, -0.25) is 4.79 Å². The van der Waals surface area contributed by atoms with Gasteiger partial charge in [0.15, 0.2) is 11.5 Å². The minimum absolute atomic E-state index is 0.00459. The van der Waals surface area contributed by atoms with Gasteiger partial charge in [0.1, 0.15) is 17.8 Å². The van der Waals surface area contributed by atoms with Crippen molar-refractivity contribution in [3.8, 4) is 17.2 Å². The Bertz CT molecular complexity index is 1030. The lowest BCUT2D eigenvalue weighted by molar-refractivity contribution is -0.122. The maximum absolute atomic E-state index is 14.0. The first-order valence-electron chi connectivity index (χ1n) is 11.8. The Hall–Kier alpha value is -2.73. The molecule has 6 heteroatoms. The number of anilines is 1. The molecule has 2 aromatic rings. The van der Waals surface area contributed by atoms with Crippen molar-refractivity contribution in [2.24, 2.45) is 5.92 Å². The van der Waals surface area contributed by atoms with Crippen molar-refractivity contribution in [3.63, 3.8) is 0 Å². The average Bonchev–Trinajstić information content (AvgIpc) is 3.28. The quantitative estimate of drug-likeness (QED) is 0.693. The summed E-state index contributed by atoms with van der Waals surface area (Å²) < 4.78 is 5.88. The van der Waals surface area contributed by atoms with Crippen molar-refractivity contribution in [1.29, 1.82) is 0 Å². The number of phenols is 2. The lowest BCUT2D eigenvalue weighted by Crippen LogP contribution is -2.46. The Morgan fingerprint density at radius 3 is 2.47 bits per heavy atom. The Morgan fingerprint density at radius 2 is 1.75 bits per heavy atom. The molecule has 0 radical (unpaired) electrons. The third-order valence-electron chi connectivity index (χ3n) is 7.79. The number of amides is 1. The highest BCUT2D eigenvalue weighted by molar-refractivity contribution is 6.11. The predicted octanol–water partition coefficient (Wildman–Crippen LogP) is 4.02. The monoisotopic (exact) mass is 436 g/mol. The summed E-state index contributed by atoms with van der Waals surface area (Å²) in [5.74, 6) is 0.461. The van der Waals surface area contributed by atoms with Crippen LogP contribution in [0.4, 0.5) is 5.69 Å². The van der Waals surface area contributed by atoms with Gasteiger partial charge in [-0.1, -0.05) is 32.0 Å². The number of likely N-dealkylation sites (tertiary alicyclic amines) is 1. The van der Waals surface area contributed by atoms with Crippen LogP contribution >= 0.6 is 0 Å². The molecule has 170 valence electrons. The van der Waals surface area contributed by atoms with Crippen molar-refractivity contribution in [2.75, 3.05) is 31.1 Å². The zero-order chi connectivity index (χ0) is 22.5. The van der Waals surface area contributed by atoms with E-state index >= 15 is 0 Å². The molecule has 3 aliphatic heterocycles. The van der Waals surface area contributed by atoms with Gasteiger partial charge in [0.05, 0.1) is 0 Å². The van der Waals surface area contributed by atoms with E-state index in [4.69, 9.17) is 4.74 Å². The maximum Gasteiger partial charge on any atom is 0.245 e. The van der Waals surface area contributed by atoms with Gasteiger partial charge in [0, 0.05) is 29.9 Å². The molecule has 0 aliphatic carbocycles. The van der Waals surface area contributed by atoms with Crippen LogP contribution in [0, 0.1) is 5.92 Å². The summed E-state index contributed by atoms with van der Waals surface area (Å²) in [6.45, 7) is 7.59. The van der Waals surface area contributed by atoms with E-state index in [-0.39, 0.29) is 24.0 Å². The van der Waals surface area contributed by atoms with Gasteiger partial charge >= 0.3 is 0 Å². The molecule has 1 amide bonds. The summed E-state index contributed by atoms with van der Waals surface area (Å²) in [7, 11) is 0. The van der Waals surface area contributed by atoms with Crippen molar-refractivity contribution in [1.82, 2.24) is 4.90 Å². The lowest BCUT2D eigenvalue weighted by Gasteiger charge is -2.38. The number of para-hydroxylation sites is 1. The third-order valence-corrected chi connectivity index (χ3v) is 7.79. The van der Waals surface area contributed by atoms with E-state index in [2.05, 4.69) is 18.7 Å². The fourth-order valence-corrected chi connectivity index (χ4v) is 5.94. The minimum atomic E-state index is -0.965. The normalized spacial score (nSPS) is 23.1. The van der Waals surface area contributed by atoms with Gasteiger partial charge < -0.3 is 24.7 Å². The van der Waals surface area contributed by atoms with Crippen LogP contribution in [0.25, 0.3) is 0 Å². The minimum Gasteiger partial charge on any atom is -0.504 e. The number of phenolic OH excluding ortho intramolecular Hbond substituents is 2. The van der Waals surface area contributed by atoms with Gasteiger partial charge in [0.25, 0.3) is 0 Å². The van der Waals surface area contributed by atoms with E-state index in [1.807, 2.05) is 29.2 Å². The summed E-state index contributed by atoms with van der Waals surface area (Å²) >= 11 is 0. The number of hydrogen-bond donors (Lipinski definition) is 2.